The summed E-state index contributed by atoms with van der Waals surface area (Å²) in [7, 11) is -2.99. The molecule has 3 rings (SSSR count). The molecule has 1 amide bonds. The van der Waals surface area contributed by atoms with Gasteiger partial charge in [0.2, 0.25) is 5.91 Å². The Bertz CT molecular complexity index is 810. The Morgan fingerprint density at radius 3 is 2.83 bits per heavy atom. The third-order valence-corrected chi connectivity index (χ3v) is 6.32. The van der Waals surface area contributed by atoms with Crippen LogP contribution in [0.15, 0.2) is 30.5 Å². The molecule has 1 saturated heterocycles. The predicted molar refractivity (Wildman–Crippen MR) is 91.1 cm³/mol. The zero-order valence-corrected chi connectivity index (χ0v) is 14.1. The number of amides is 1. The van der Waals surface area contributed by atoms with E-state index in [9.17, 15) is 13.2 Å². The maximum atomic E-state index is 12.3. The van der Waals surface area contributed by atoms with Gasteiger partial charge in [-0.05, 0) is 24.5 Å². The lowest BCUT2D eigenvalue weighted by molar-refractivity contribution is -0.132. The van der Waals surface area contributed by atoms with Crippen LogP contribution in [0, 0.1) is 0 Å². The molecule has 1 aliphatic heterocycles. The molecule has 6 heteroatoms. The van der Waals surface area contributed by atoms with E-state index in [1.54, 1.807) is 4.90 Å². The van der Waals surface area contributed by atoms with E-state index in [-0.39, 0.29) is 23.5 Å². The van der Waals surface area contributed by atoms with E-state index < -0.39 is 9.84 Å². The van der Waals surface area contributed by atoms with E-state index in [0.717, 1.165) is 22.9 Å². The molecule has 124 valence electrons. The predicted octanol–water partition coefficient (Wildman–Crippen LogP) is 2.14. The molecular weight excluding hydrogens is 312 g/mol. The lowest BCUT2D eigenvalue weighted by Crippen LogP contribution is -2.42. The number of aromatic amines is 1. The number of carbonyl (C=O) groups is 1. The molecule has 1 unspecified atom stereocenters. The molecule has 0 bridgehead atoms. The molecule has 1 atom stereocenters. The molecule has 0 aliphatic carbocycles. The Kier molecular flexibility index (Phi) is 4.43. The van der Waals surface area contributed by atoms with Crippen LogP contribution in [0.25, 0.3) is 10.9 Å². The number of rotatable bonds is 5. The second kappa shape index (κ2) is 6.35. The van der Waals surface area contributed by atoms with Crippen molar-refractivity contribution >= 4 is 26.6 Å². The van der Waals surface area contributed by atoms with Gasteiger partial charge in [-0.1, -0.05) is 25.1 Å². The van der Waals surface area contributed by atoms with Crippen LogP contribution in [0.1, 0.15) is 25.3 Å². The molecule has 1 N–H and O–H groups in total. The molecule has 2 aromatic rings. The average Bonchev–Trinajstić information content (AvgIpc) is 3.11. The summed E-state index contributed by atoms with van der Waals surface area (Å²) < 4.78 is 23.4. The fraction of sp³-hybridized carbons (Fsp3) is 0.471. The number of hydrogen-bond acceptors (Lipinski definition) is 3. The number of hydrogen-bond donors (Lipinski definition) is 1. The number of H-pyrrole nitrogens is 1. The van der Waals surface area contributed by atoms with E-state index in [1.165, 1.54) is 0 Å². The molecule has 1 fully saturated rings. The van der Waals surface area contributed by atoms with Crippen LogP contribution >= 0.6 is 0 Å². The van der Waals surface area contributed by atoms with Crippen LogP contribution in [0.4, 0.5) is 0 Å². The van der Waals surface area contributed by atoms with Crippen molar-refractivity contribution in [3.05, 3.63) is 36.0 Å². The van der Waals surface area contributed by atoms with Gasteiger partial charge >= 0.3 is 0 Å². The van der Waals surface area contributed by atoms with Crippen LogP contribution in [0.2, 0.25) is 0 Å². The summed E-state index contributed by atoms with van der Waals surface area (Å²) in [6.07, 6.45) is 3.67. The van der Waals surface area contributed by atoms with Gasteiger partial charge in [0.1, 0.15) is 0 Å². The summed E-state index contributed by atoms with van der Waals surface area (Å²) in [5.41, 5.74) is 2.25. The first kappa shape index (κ1) is 16.1. The SMILES string of the molecule is CCC(=O)N(CCc1c[nH]c2ccccc12)C1CCS(=O)(=O)C1. The largest absolute Gasteiger partial charge is 0.361 e. The first-order valence-corrected chi connectivity index (χ1v) is 9.87. The molecule has 1 aromatic heterocycles. The minimum Gasteiger partial charge on any atom is -0.361 e. The van der Waals surface area contributed by atoms with Gasteiger partial charge in [0.25, 0.3) is 0 Å². The minimum atomic E-state index is -2.99. The average molecular weight is 334 g/mol. The monoisotopic (exact) mass is 334 g/mol. The van der Waals surface area contributed by atoms with E-state index >= 15 is 0 Å². The van der Waals surface area contributed by atoms with Crippen LogP contribution in [0.3, 0.4) is 0 Å². The van der Waals surface area contributed by atoms with E-state index in [1.807, 2.05) is 31.3 Å². The third kappa shape index (κ3) is 3.42. The number of fused-ring (bicyclic) bond motifs is 1. The van der Waals surface area contributed by atoms with Crippen LogP contribution in [-0.4, -0.2) is 48.3 Å². The maximum Gasteiger partial charge on any atom is 0.222 e. The summed E-state index contributed by atoms with van der Waals surface area (Å²) >= 11 is 0. The molecule has 1 aromatic carbocycles. The summed E-state index contributed by atoms with van der Waals surface area (Å²) in [6.45, 7) is 2.39. The van der Waals surface area contributed by atoms with Crippen LogP contribution in [-0.2, 0) is 21.1 Å². The van der Waals surface area contributed by atoms with E-state index in [0.29, 0.717) is 19.4 Å². The maximum absolute atomic E-state index is 12.3. The molecule has 5 nitrogen and oxygen atoms in total. The number of carbonyl (C=O) groups excluding carboxylic acids is 1. The normalized spacial score (nSPS) is 20.0. The number of nitrogens with one attached hydrogen (secondary N) is 1. The van der Waals surface area contributed by atoms with Crippen molar-refractivity contribution in [3.8, 4) is 0 Å². The van der Waals surface area contributed by atoms with E-state index in [2.05, 4.69) is 11.1 Å². The first-order valence-electron chi connectivity index (χ1n) is 8.05. The van der Waals surface area contributed by atoms with Gasteiger partial charge in [-0.15, -0.1) is 0 Å². The van der Waals surface area contributed by atoms with Gasteiger partial charge in [-0.25, -0.2) is 8.42 Å². The second-order valence-electron chi connectivity index (χ2n) is 6.11. The molecule has 0 spiro atoms. The first-order chi connectivity index (χ1) is 11.0. The zero-order chi connectivity index (χ0) is 16.4. The van der Waals surface area contributed by atoms with Gasteiger partial charge in [-0.2, -0.15) is 0 Å². The van der Waals surface area contributed by atoms with Crippen molar-refractivity contribution < 1.29 is 13.2 Å². The standard InChI is InChI=1S/C17H22N2O3S/c1-2-17(20)19(14-8-10-23(21,22)12-14)9-7-13-11-18-16-6-4-3-5-15(13)16/h3-6,11,14,18H,2,7-10,12H2,1H3. The van der Waals surface area contributed by atoms with Gasteiger partial charge in [0.15, 0.2) is 9.84 Å². The number of para-hydroxylation sites is 1. The topological polar surface area (TPSA) is 70.2 Å². The Labute approximate surface area is 136 Å². The summed E-state index contributed by atoms with van der Waals surface area (Å²) in [5.74, 6) is 0.331. The van der Waals surface area contributed by atoms with Crippen LogP contribution in [0.5, 0.6) is 0 Å². The summed E-state index contributed by atoms with van der Waals surface area (Å²) in [4.78, 5) is 17.3. The van der Waals surface area contributed by atoms with Gasteiger partial charge < -0.3 is 9.88 Å². The Balaban J connectivity index is 1.75. The lowest BCUT2D eigenvalue weighted by Gasteiger charge is -2.28. The molecule has 0 saturated carbocycles. The molecule has 0 radical (unpaired) electrons. The lowest BCUT2D eigenvalue weighted by atomic mass is 10.1. The molecule has 1 aliphatic rings. The van der Waals surface area contributed by atoms with Gasteiger partial charge in [0.05, 0.1) is 11.5 Å². The van der Waals surface area contributed by atoms with Crippen molar-refractivity contribution in [3.63, 3.8) is 0 Å². The Morgan fingerprint density at radius 1 is 1.35 bits per heavy atom. The van der Waals surface area contributed by atoms with Crippen molar-refractivity contribution in [2.24, 2.45) is 0 Å². The fourth-order valence-corrected chi connectivity index (χ4v) is 5.05. The number of nitrogens with zero attached hydrogens (tertiary/aromatic N) is 1. The molecule has 2 heterocycles. The molecule has 23 heavy (non-hydrogen) atoms. The highest BCUT2D eigenvalue weighted by Gasteiger charge is 2.33. The van der Waals surface area contributed by atoms with E-state index in [4.69, 9.17) is 0 Å². The highest BCUT2D eigenvalue weighted by molar-refractivity contribution is 7.91. The number of benzene rings is 1. The highest BCUT2D eigenvalue weighted by Crippen LogP contribution is 2.22. The summed E-state index contributed by atoms with van der Waals surface area (Å²) in [6, 6.07) is 7.90. The van der Waals surface area contributed by atoms with Crippen molar-refractivity contribution in [1.82, 2.24) is 9.88 Å². The fourth-order valence-electron chi connectivity index (χ4n) is 3.31. The zero-order valence-electron chi connectivity index (χ0n) is 13.3. The number of sulfone groups is 1. The van der Waals surface area contributed by atoms with Crippen molar-refractivity contribution in [2.45, 2.75) is 32.2 Å². The quantitative estimate of drug-likeness (QED) is 0.911. The van der Waals surface area contributed by atoms with Gasteiger partial charge in [0, 0.05) is 36.1 Å². The summed E-state index contributed by atoms with van der Waals surface area (Å²) in [5, 5.41) is 1.16. The van der Waals surface area contributed by atoms with Crippen molar-refractivity contribution in [1.29, 1.82) is 0 Å². The van der Waals surface area contributed by atoms with Gasteiger partial charge in [-0.3, -0.25) is 4.79 Å². The third-order valence-electron chi connectivity index (χ3n) is 4.57. The molecular formula is C17H22N2O3S. The highest BCUT2D eigenvalue weighted by atomic mass is 32.2. The van der Waals surface area contributed by atoms with Crippen LogP contribution < -0.4 is 0 Å². The smallest absolute Gasteiger partial charge is 0.222 e. The Hall–Kier alpha value is -1.82. The van der Waals surface area contributed by atoms with Crippen molar-refractivity contribution in [2.75, 3.05) is 18.1 Å². The second-order valence-corrected chi connectivity index (χ2v) is 8.34. The number of aromatic nitrogens is 1. The minimum absolute atomic E-state index is 0.0342. The Morgan fingerprint density at radius 2 is 2.13 bits per heavy atom.